The van der Waals surface area contributed by atoms with Gasteiger partial charge in [-0.25, -0.2) is 9.97 Å². The maximum atomic E-state index is 13.9. The van der Waals surface area contributed by atoms with Gasteiger partial charge < -0.3 is 19.8 Å². The van der Waals surface area contributed by atoms with Gasteiger partial charge in [-0.05, 0) is 52.3 Å². The summed E-state index contributed by atoms with van der Waals surface area (Å²) < 4.78 is 54.4. The lowest BCUT2D eigenvalue weighted by molar-refractivity contribution is -0.137. The van der Waals surface area contributed by atoms with Gasteiger partial charge in [0.2, 0.25) is 5.95 Å². The number of anilines is 1. The van der Waals surface area contributed by atoms with E-state index < -0.39 is 18.9 Å². The van der Waals surface area contributed by atoms with Crippen molar-refractivity contribution >= 4 is 29.3 Å². The standard InChI is InChI=1S/C23H29F3N5OP/c1-31(2)13-14-7-5-9-18(14)29-22-28-12-17(23(24,25)26)20(30-22)16-11-27-21-15(16)8-6-10-19(21)33(3,4)32/h6,8,10-12,14,18,27H,5,7,9,13H2,1-4H3,(H,28,29,30)/t14-,18-/m1/s1. The maximum Gasteiger partial charge on any atom is 0.419 e. The number of fused-ring (bicyclic) bond motifs is 1. The molecule has 33 heavy (non-hydrogen) atoms. The molecule has 1 saturated carbocycles. The molecular formula is C23H29F3N5OP. The van der Waals surface area contributed by atoms with Crippen molar-refractivity contribution in [2.24, 2.45) is 5.92 Å². The second kappa shape index (κ2) is 8.76. The highest BCUT2D eigenvalue weighted by Gasteiger charge is 2.37. The third-order valence-corrected chi connectivity index (χ3v) is 7.73. The van der Waals surface area contributed by atoms with Gasteiger partial charge in [0.25, 0.3) is 0 Å². The van der Waals surface area contributed by atoms with Crippen LogP contribution in [-0.2, 0) is 10.7 Å². The molecule has 1 aliphatic carbocycles. The van der Waals surface area contributed by atoms with E-state index in [1.54, 1.807) is 31.5 Å². The summed E-state index contributed by atoms with van der Waals surface area (Å²) in [6.45, 7) is 4.17. The minimum atomic E-state index is -4.61. The number of hydrogen-bond donors (Lipinski definition) is 2. The summed E-state index contributed by atoms with van der Waals surface area (Å²) in [5.41, 5.74) is -0.197. The largest absolute Gasteiger partial charge is 0.419 e. The molecule has 0 aliphatic heterocycles. The molecule has 2 N–H and O–H groups in total. The van der Waals surface area contributed by atoms with Crippen LogP contribution in [0, 0.1) is 5.92 Å². The lowest BCUT2D eigenvalue weighted by Gasteiger charge is -2.24. The second-order valence-electron chi connectivity index (χ2n) is 9.41. The van der Waals surface area contributed by atoms with Crippen LogP contribution in [0.15, 0.2) is 30.6 Å². The molecule has 3 aromatic rings. The molecule has 2 aromatic heterocycles. The first-order valence-corrected chi connectivity index (χ1v) is 13.6. The molecule has 0 unspecified atom stereocenters. The highest BCUT2D eigenvalue weighted by Crippen LogP contribution is 2.42. The van der Waals surface area contributed by atoms with E-state index in [2.05, 4.69) is 25.2 Å². The Hall–Kier alpha value is -2.38. The number of aromatic amines is 1. The van der Waals surface area contributed by atoms with Crippen LogP contribution in [0.5, 0.6) is 0 Å². The average molecular weight is 479 g/mol. The first-order chi connectivity index (χ1) is 15.4. The van der Waals surface area contributed by atoms with Gasteiger partial charge >= 0.3 is 6.18 Å². The molecule has 2 atom stereocenters. The Labute approximate surface area is 191 Å². The third-order valence-electron chi connectivity index (χ3n) is 6.20. The number of benzene rings is 1. The molecule has 0 amide bonds. The van der Waals surface area contributed by atoms with Gasteiger partial charge in [0.05, 0.1) is 11.2 Å². The molecule has 178 valence electrons. The molecule has 0 radical (unpaired) electrons. The summed E-state index contributed by atoms with van der Waals surface area (Å²) >= 11 is 0. The van der Waals surface area contributed by atoms with Crippen LogP contribution in [0.25, 0.3) is 22.2 Å². The molecule has 10 heteroatoms. The molecule has 1 fully saturated rings. The van der Waals surface area contributed by atoms with Gasteiger partial charge in [-0.15, -0.1) is 0 Å². The van der Waals surface area contributed by atoms with Crippen molar-refractivity contribution < 1.29 is 17.7 Å². The average Bonchev–Trinajstić information content (AvgIpc) is 3.32. The van der Waals surface area contributed by atoms with E-state index in [-0.39, 0.29) is 17.7 Å². The third kappa shape index (κ3) is 4.94. The summed E-state index contributed by atoms with van der Waals surface area (Å²) in [6.07, 6.45) is 0.798. The van der Waals surface area contributed by atoms with E-state index >= 15 is 0 Å². The summed E-state index contributed by atoms with van der Waals surface area (Å²) in [6, 6.07) is 5.29. The molecule has 6 nitrogen and oxygen atoms in total. The van der Waals surface area contributed by atoms with E-state index in [0.29, 0.717) is 27.7 Å². The number of hydrogen-bond acceptors (Lipinski definition) is 5. The van der Waals surface area contributed by atoms with Crippen LogP contribution in [0.3, 0.4) is 0 Å². The van der Waals surface area contributed by atoms with Crippen molar-refractivity contribution in [3.8, 4) is 11.3 Å². The SMILES string of the molecule is CN(C)C[C@H]1CCC[C@H]1Nc1ncc(C(F)(F)F)c(-c2c[nH]c3c(P(C)(C)=O)cccc23)n1. The second-order valence-corrected chi connectivity index (χ2v) is 12.6. The molecule has 0 saturated heterocycles. The van der Waals surface area contributed by atoms with Crippen LogP contribution in [0.1, 0.15) is 24.8 Å². The minimum Gasteiger partial charge on any atom is -0.360 e. The van der Waals surface area contributed by atoms with E-state index in [0.717, 1.165) is 32.0 Å². The van der Waals surface area contributed by atoms with Crippen molar-refractivity contribution in [3.63, 3.8) is 0 Å². The molecule has 0 spiro atoms. The van der Waals surface area contributed by atoms with Crippen molar-refractivity contribution in [3.05, 3.63) is 36.2 Å². The van der Waals surface area contributed by atoms with Gasteiger partial charge in [0, 0.05) is 41.2 Å². The fourth-order valence-corrected chi connectivity index (χ4v) is 5.90. The van der Waals surface area contributed by atoms with Crippen LogP contribution in [0.2, 0.25) is 0 Å². The molecule has 0 bridgehead atoms. The number of nitrogens with zero attached hydrogens (tertiary/aromatic N) is 3. The van der Waals surface area contributed by atoms with Crippen LogP contribution >= 0.6 is 7.14 Å². The minimum absolute atomic E-state index is 0.109. The summed E-state index contributed by atoms with van der Waals surface area (Å²) in [7, 11) is 1.39. The highest BCUT2D eigenvalue weighted by atomic mass is 31.2. The topological polar surface area (TPSA) is 73.9 Å². The fourth-order valence-electron chi connectivity index (χ4n) is 4.73. The predicted molar refractivity (Wildman–Crippen MR) is 127 cm³/mol. The van der Waals surface area contributed by atoms with Gasteiger partial charge in [0.15, 0.2) is 0 Å². The number of H-pyrrole nitrogens is 1. The van der Waals surface area contributed by atoms with Crippen molar-refractivity contribution in [2.45, 2.75) is 31.5 Å². The van der Waals surface area contributed by atoms with E-state index in [9.17, 15) is 17.7 Å². The number of nitrogens with one attached hydrogen (secondary N) is 2. The van der Waals surface area contributed by atoms with Crippen molar-refractivity contribution in [2.75, 3.05) is 39.3 Å². The monoisotopic (exact) mass is 479 g/mol. The van der Waals surface area contributed by atoms with E-state index in [1.807, 2.05) is 14.1 Å². The van der Waals surface area contributed by atoms with Gasteiger partial charge in [-0.3, -0.25) is 0 Å². The lowest BCUT2D eigenvalue weighted by Crippen LogP contribution is -2.32. The van der Waals surface area contributed by atoms with Crippen molar-refractivity contribution in [1.82, 2.24) is 19.9 Å². The van der Waals surface area contributed by atoms with Gasteiger partial charge in [0.1, 0.15) is 12.7 Å². The fraction of sp³-hybridized carbons (Fsp3) is 0.478. The van der Waals surface area contributed by atoms with E-state index in [4.69, 9.17) is 0 Å². The van der Waals surface area contributed by atoms with Gasteiger partial charge in [-0.2, -0.15) is 13.2 Å². The summed E-state index contributed by atoms with van der Waals surface area (Å²) in [5.74, 6) is 0.573. The Morgan fingerprint density at radius 3 is 2.67 bits per heavy atom. The maximum absolute atomic E-state index is 13.9. The quantitative estimate of drug-likeness (QED) is 0.485. The highest BCUT2D eigenvalue weighted by molar-refractivity contribution is 7.70. The Balaban J connectivity index is 1.79. The molecule has 2 heterocycles. The lowest BCUT2D eigenvalue weighted by atomic mass is 10.0. The van der Waals surface area contributed by atoms with Crippen LogP contribution in [0.4, 0.5) is 19.1 Å². The Kier molecular flexibility index (Phi) is 6.31. The molecule has 1 aromatic carbocycles. The zero-order chi connectivity index (χ0) is 24.0. The Morgan fingerprint density at radius 2 is 2.00 bits per heavy atom. The number of para-hydroxylation sites is 1. The smallest absolute Gasteiger partial charge is 0.360 e. The Morgan fingerprint density at radius 1 is 1.24 bits per heavy atom. The number of alkyl halides is 3. The normalized spacial score (nSPS) is 19.5. The number of rotatable bonds is 6. The van der Waals surface area contributed by atoms with Crippen LogP contribution < -0.4 is 10.6 Å². The Bertz CT molecular complexity index is 1200. The predicted octanol–water partition coefficient (Wildman–Crippen LogP) is 5.03. The molecule has 4 rings (SSSR count). The van der Waals surface area contributed by atoms with Crippen LogP contribution in [-0.4, -0.2) is 59.9 Å². The van der Waals surface area contributed by atoms with E-state index in [1.165, 1.54) is 6.20 Å². The zero-order valence-electron chi connectivity index (χ0n) is 19.2. The molecular weight excluding hydrogens is 450 g/mol. The molecule has 1 aliphatic rings. The number of halogens is 3. The summed E-state index contributed by atoms with van der Waals surface area (Å²) in [4.78, 5) is 13.5. The number of aromatic nitrogens is 3. The zero-order valence-corrected chi connectivity index (χ0v) is 20.1. The van der Waals surface area contributed by atoms with Crippen molar-refractivity contribution in [1.29, 1.82) is 0 Å². The van der Waals surface area contributed by atoms with Gasteiger partial charge in [-0.1, -0.05) is 18.6 Å². The first kappa shape index (κ1) is 23.8. The first-order valence-electron chi connectivity index (χ1n) is 11.0. The summed E-state index contributed by atoms with van der Waals surface area (Å²) in [5, 5.41) is 4.45.